The van der Waals surface area contributed by atoms with E-state index in [4.69, 9.17) is 5.11 Å². The zero-order valence-corrected chi connectivity index (χ0v) is 15.8. The van der Waals surface area contributed by atoms with Crippen molar-refractivity contribution in [3.05, 3.63) is 35.4 Å². The quantitative estimate of drug-likeness (QED) is 0.563. The van der Waals surface area contributed by atoms with Crippen LogP contribution in [0.3, 0.4) is 0 Å². The third-order valence-corrected chi connectivity index (χ3v) is 6.82. The number of benzene rings is 1. The summed E-state index contributed by atoms with van der Waals surface area (Å²) in [6.45, 7) is 2.29. The molecule has 2 aliphatic rings. The molecule has 0 amide bonds. The van der Waals surface area contributed by atoms with Crippen LogP contribution in [-0.2, 0) is 0 Å². The molecule has 0 heterocycles. The van der Waals surface area contributed by atoms with Gasteiger partial charge in [-0.05, 0) is 73.5 Å². The number of unbranched alkanes of at least 4 members (excludes halogenated alkanes) is 3. The second kappa shape index (κ2) is 8.87. The highest BCUT2D eigenvalue weighted by molar-refractivity contribution is 5.87. The Bertz CT molecular complexity index is 548. The maximum atomic E-state index is 11.0. The summed E-state index contributed by atoms with van der Waals surface area (Å²) >= 11 is 0. The van der Waals surface area contributed by atoms with Crippen LogP contribution in [0.1, 0.15) is 99.4 Å². The topological polar surface area (TPSA) is 37.3 Å². The Morgan fingerprint density at radius 2 is 1.68 bits per heavy atom. The van der Waals surface area contributed by atoms with E-state index in [0.29, 0.717) is 11.5 Å². The predicted molar refractivity (Wildman–Crippen MR) is 103 cm³/mol. The van der Waals surface area contributed by atoms with Gasteiger partial charge in [-0.3, -0.25) is 0 Å². The average Bonchev–Trinajstić information content (AvgIpc) is 2.65. The molecule has 1 aromatic carbocycles. The van der Waals surface area contributed by atoms with Gasteiger partial charge in [-0.15, -0.1) is 0 Å². The Labute approximate surface area is 153 Å². The molecule has 1 aromatic rings. The standard InChI is InChI=1S/C23H34O2/c1-2-3-4-5-6-17-7-8-22-16-21(14-13-20(22)15-17)18-9-11-19(12-10-18)23(24)25/h9-12,17,20-22H,2-8,13-16H2,1H3,(H,24,25)/t17-,20-,21?,22+/m0/s1. The third kappa shape index (κ3) is 4.86. The molecule has 4 atom stereocenters. The molecular weight excluding hydrogens is 308 g/mol. The van der Waals surface area contributed by atoms with Gasteiger partial charge in [0.2, 0.25) is 0 Å². The van der Waals surface area contributed by atoms with Gasteiger partial charge in [0.25, 0.3) is 0 Å². The van der Waals surface area contributed by atoms with E-state index in [1.807, 2.05) is 12.1 Å². The van der Waals surface area contributed by atoms with Crippen molar-refractivity contribution in [2.75, 3.05) is 0 Å². The van der Waals surface area contributed by atoms with Crippen molar-refractivity contribution < 1.29 is 9.90 Å². The average molecular weight is 343 g/mol. The smallest absolute Gasteiger partial charge is 0.335 e. The SMILES string of the molecule is CCCCCC[C@H]1CC[C@@H]2CC(c3ccc(C(=O)O)cc3)CC[C@H]2C1. The van der Waals surface area contributed by atoms with Crippen molar-refractivity contribution in [2.45, 2.75) is 83.5 Å². The molecule has 1 N–H and O–H groups in total. The molecule has 2 fully saturated rings. The number of fused-ring (bicyclic) bond motifs is 1. The van der Waals surface area contributed by atoms with Gasteiger partial charge in [0.1, 0.15) is 0 Å². The zero-order valence-electron chi connectivity index (χ0n) is 15.8. The van der Waals surface area contributed by atoms with Crippen molar-refractivity contribution in [3.63, 3.8) is 0 Å². The van der Waals surface area contributed by atoms with E-state index in [0.717, 1.165) is 17.8 Å². The van der Waals surface area contributed by atoms with E-state index in [1.165, 1.54) is 76.2 Å². The minimum absolute atomic E-state index is 0.404. The number of hydrogen-bond acceptors (Lipinski definition) is 1. The van der Waals surface area contributed by atoms with Crippen LogP contribution >= 0.6 is 0 Å². The Morgan fingerprint density at radius 1 is 0.960 bits per heavy atom. The molecule has 2 heteroatoms. The number of carboxylic acids is 1. The second-order valence-corrected chi connectivity index (χ2v) is 8.49. The highest BCUT2D eigenvalue weighted by atomic mass is 16.4. The van der Waals surface area contributed by atoms with Crippen LogP contribution in [-0.4, -0.2) is 11.1 Å². The molecule has 3 rings (SSSR count). The molecule has 2 aliphatic carbocycles. The maximum absolute atomic E-state index is 11.0. The lowest BCUT2D eigenvalue weighted by Crippen LogP contribution is -2.30. The summed E-state index contributed by atoms with van der Waals surface area (Å²) in [5.74, 6) is 2.67. The summed E-state index contributed by atoms with van der Waals surface area (Å²) in [5, 5.41) is 9.06. The fraction of sp³-hybridized carbons (Fsp3) is 0.696. The van der Waals surface area contributed by atoms with Gasteiger partial charge in [-0.25, -0.2) is 4.79 Å². The molecular formula is C23H34O2. The number of hydrogen-bond donors (Lipinski definition) is 1. The fourth-order valence-corrected chi connectivity index (χ4v) is 5.31. The van der Waals surface area contributed by atoms with Crippen molar-refractivity contribution >= 4 is 5.97 Å². The van der Waals surface area contributed by atoms with Crippen molar-refractivity contribution in [2.24, 2.45) is 17.8 Å². The first-order chi connectivity index (χ1) is 12.2. The Hall–Kier alpha value is -1.31. The Balaban J connectivity index is 1.49. The van der Waals surface area contributed by atoms with Crippen molar-refractivity contribution in [1.29, 1.82) is 0 Å². The summed E-state index contributed by atoms with van der Waals surface area (Å²) in [6, 6.07) is 7.65. The molecule has 0 aromatic heterocycles. The van der Waals surface area contributed by atoms with E-state index in [2.05, 4.69) is 6.92 Å². The highest BCUT2D eigenvalue weighted by Crippen LogP contribution is 2.48. The molecule has 0 saturated heterocycles. The highest BCUT2D eigenvalue weighted by Gasteiger charge is 2.35. The molecule has 0 radical (unpaired) electrons. The summed E-state index contributed by atoms with van der Waals surface area (Å²) in [6.07, 6.45) is 15.4. The largest absolute Gasteiger partial charge is 0.478 e. The molecule has 1 unspecified atom stereocenters. The summed E-state index contributed by atoms with van der Waals surface area (Å²) < 4.78 is 0. The van der Waals surface area contributed by atoms with E-state index < -0.39 is 5.97 Å². The van der Waals surface area contributed by atoms with Crippen LogP contribution in [0.25, 0.3) is 0 Å². The molecule has 2 saturated carbocycles. The van der Waals surface area contributed by atoms with Gasteiger partial charge in [0.05, 0.1) is 5.56 Å². The molecule has 0 aliphatic heterocycles. The van der Waals surface area contributed by atoms with Crippen LogP contribution in [0, 0.1) is 17.8 Å². The first kappa shape index (κ1) is 18.5. The number of rotatable bonds is 7. The molecule has 138 valence electrons. The number of aromatic carboxylic acids is 1. The first-order valence-electron chi connectivity index (χ1n) is 10.5. The lowest BCUT2D eigenvalue weighted by molar-refractivity contribution is 0.0697. The minimum atomic E-state index is -0.826. The molecule has 2 nitrogen and oxygen atoms in total. The van der Waals surface area contributed by atoms with E-state index in [-0.39, 0.29) is 0 Å². The number of carboxylic acid groups (broad SMARTS) is 1. The summed E-state index contributed by atoms with van der Waals surface area (Å²) in [7, 11) is 0. The fourth-order valence-electron chi connectivity index (χ4n) is 5.31. The first-order valence-corrected chi connectivity index (χ1v) is 10.5. The molecule has 0 spiro atoms. The van der Waals surface area contributed by atoms with Gasteiger partial charge >= 0.3 is 5.97 Å². The Morgan fingerprint density at radius 3 is 2.40 bits per heavy atom. The van der Waals surface area contributed by atoms with E-state index in [9.17, 15) is 4.79 Å². The van der Waals surface area contributed by atoms with Crippen LogP contribution in [0.5, 0.6) is 0 Å². The molecule has 0 bridgehead atoms. The van der Waals surface area contributed by atoms with Crippen LogP contribution < -0.4 is 0 Å². The second-order valence-electron chi connectivity index (χ2n) is 8.49. The molecule has 25 heavy (non-hydrogen) atoms. The normalized spacial score (nSPS) is 29.2. The summed E-state index contributed by atoms with van der Waals surface area (Å²) in [4.78, 5) is 11.0. The predicted octanol–water partition coefficient (Wildman–Crippen LogP) is 6.66. The van der Waals surface area contributed by atoms with Crippen LogP contribution in [0.15, 0.2) is 24.3 Å². The Kier molecular flexibility index (Phi) is 6.56. The lowest BCUT2D eigenvalue weighted by Gasteiger charge is -2.42. The van der Waals surface area contributed by atoms with Gasteiger partial charge < -0.3 is 5.11 Å². The van der Waals surface area contributed by atoms with Gasteiger partial charge in [0, 0.05) is 0 Å². The van der Waals surface area contributed by atoms with Gasteiger partial charge in [-0.2, -0.15) is 0 Å². The number of carbonyl (C=O) groups is 1. The van der Waals surface area contributed by atoms with Crippen molar-refractivity contribution in [3.8, 4) is 0 Å². The van der Waals surface area contributed by atoms with E-state index >= 15 is 0 Å². The minimum Gasteiger partial charge on any atom is -0.478 e. The van der Waals surface area contributed by atoms with Gasteiger partial charge in [0.15, 0.2) is 0 Å². The van der Waals surface area contributed by atoms with E-state index in [1.54, 1.807) is 12.1 Å². The maximum Gasteiger partial charge on any atom is 0.335 e. The monoisotopic (exact) mass is 342 g/mol. The zero-order chi connectivity index (χ0) is 17.6. The van der Waals surface area contributed by atoms with Crippen molar-refractivity contribution in [1.82, 2.24) is 0 Å². The van der Waals surface area contributed by atoms with Crippen LogP contribution in [0.4, 0.5) is 0 Å². The summed E-state index contributed by atoms with van der Waals surface area (Å²) in [5.41, 5.74) is 1.76. The van der Waals surface area contributed by atoms with Crippen LogP contribution in [0.2, 0.25) is 0 Å². The third-order valence-electron chi connectivity index (χ3n) is 6.82. The van der Waals surface area contributed by atoms with Gasteiger partial charge in [-0.1, -0.05) is 57.6 Å². The lowest BCUT2D eigenvalue weighted by atomic mass is 9.63.